The van der Waals surface area contributed by atoms with Crippen molar-refractivity contribution in [3.63, 3.8) is 0 Å². The van der Waals surface area contributed by atoms with Crippen molar-refractivity contribution < 1.29 is 0 Å². The molecule has 0 atom stereocenters. The van der Waals surface area contributed by atoms with Crippen LogP contribution in [0.15, 0.2) is 53.9 Å². The van der Waals surface area contributed by atoms with Gasteiger partial charge in [0.2, 0.25) is 0 Å². The Labute approximate surface area is 140 Å². The summed E-state index contributed by atoms with van der Waals surface area (Å²) in [7, 11) is 0. The van der Waals surface area contributed by atoms with Crippen molar-refractivity contribution in [1.82, 2.24) is 19.3 Å². The molecule has 23 heavy (non-hydrogen) atoms. The van der Waals surface area contributed by atoms with Gasteiger partial charge < -0.3 is 4.98 Å². The van der Waals surface area contributed by atoms with Crippen LogP contribution in [0.2, 0.25) is 0 Å². The van der Waals surface area contributed by atoms with Gasteiger partial charge in [-0.25, -0.2) is 9.29 Å². The van der Waals surface area contributed by atoms with Crippen LogP contribution in [0.3, 0.4) is 0 Å². The lowest BCUT2D eigenvalue weighted by atomic mass is 9.74. The Balaban J connectivity index is 1.51. The van der Waals surface area contributed by atoms with E-state index in [1.165, 1.54) is 15.8 Å². The highest BCUT2D eigenvalue weighted by Gasteiger charge is 2.33. The summed E-state index contributed by atoms with van der Waals surface area (Å²) < 4.78 is 2.45. The fourth-order valence-corrected chi connectivity index (χ4v) is 4.29. The molecule has 1 fully saturated rings. The average molecular weight is 324 g/mol. The number of rotatable bonds is 3. The molecule has 3 aromatic rings. The number of fused-ring (bicyclic) bond motifs is 1. The molecule has 0 amide bonds. The van der Waals surface area contributed by atoms with Crippen LogP contribution < -0.4 is 0 Å². The molecule has 5 heteroatoms. The number of hydrogen-bond donors (Lipinski definition) is 1. The molecule has 1 N–H and O–H groups in total. The summed E-state index contributed by atoms with van der Waals surface area (Å²) in [4.78, 5) is 13.1. The smallest absolute Gasteiger partial charge is 0.137 e. The summed E-state index contributed by atoms with van der Waals surface area (Å²) in [5.74, 6) is 0. The van der Waals surface area contributed by atoms with Gasteiger partial charge in [0.15, 0.2) is 0 Å². The number of H-pyrrole nitrogens is 1. The molecule has 0 spiro atoms. The predicted molar refractivity (Wildman–Crippen MR) is 94.3 cm³/mol. The first kappa shape index (κ1) is 14.7. The van der Waals surface area contributed by atoms with Crippen molar-refractivity contribution in [2.75, 3.05) is 13.1 Å². The number of hydrogen-bond acceptors (Lipinski definition) is 4. The van der Waals surface area contributed by atoms with Crippen LogP contribution in [0.1, 0.15) is 25.3 Å². The highest BCUT2D eigenvalue weighted by Crippen LogP contribution is 2.40. The van der Waals surface area contributed by atoms with Gasteiger partial charge in [-0.05, 0) is 60.0 Å². The van der Waals surface area contributed by atoms with Gasteiger partial charge in [0.05, 0.1) is 0 Å². The van der Waals surface area contributed by atoms with Gasteiger partial charge in [0.1, 0.15) is 5.65 Å². The van der Waals surface area contributed by atoms with Gasteiger partial charge in [-0.15, -0.1) is 0 Å². The van der Waals surface area contributed by atoms with Gasteiger partial charge in [-0.3, -0.25) is 4.98 Å². The van der Waals surface area contributed by atoms with E-state index in [0.717, 1.165) is 31.6 Å². The minimum absolute atomic E-state index is 0.218. The van der Waals surface area contributed by atoms with Gasteiger partial charge in [0.25, 0.3) is 0 Å². The molecule has 1 aliphatic rings. The monoisotopic (exact) mass is 324 g/mol. The number of aromatic nitrogens is 3. The molecular weight excluding hydrogens is 304 g/mol. The van der Waals surface area contributed by atoms with Crippen LogP contribution >= 0.6 is 11.9 Å². The molecule has 4 rings (SSSR count). The zero-order chi connectivity index (χ0) is 15.7. The summed E-state index contributed by atoms with van der Waals surface area (Å²) in [6, 6.07) is 8.47. The maximum absolute atomic E-state index is 4.42. The number of piperidine rings is 1. The Hall–Kier alpha value is -1.85. The van der Waals surface area contributed by atoms with Crippen molar-refractivity contribution in [2.45, 2.75) is 30.1 Å². The topological polar surface area (TPSA) is 44.8 Å². The molecular formula is C18H20N4S. The SMILES string of the molecule is CC1(c2ccnc3[nH]ccc23)CCN(Sc2cccnc2)CC1. The highest BCUT2D eigenvalue weighted by atomic mass is 32.2. The quantitative estimate of drug-likeness (QED) is 0.739. The average Bonchev–Trinajstić information content (AvgIpc) is 3.06. The molecule has 1 aliphatic heterocycles. The summed E-state index contributed by atoms with van der Waals surface area (Å²) in [5.41, 5.74) is 2.64. The van der Waals surface area contributed by atoms with Crippen LogP contribution in [-0.4, -0.2) is 32.3 Å². The molecule has 118 valence electrons. The largest absolute Gasteiger partial charge is 0.346 e. The molecule has 0 unspecified atom stereocenters. The van der Waals surface area contributed by atoms with Gasteiger partial charge in [-0.1, -0.05) is 6.92 Å². The summed E-state index contributed by atoms with van der Waals surface area (Å²) >= 11 is 1.82. The Morgan fingerprint density at radius 3 is 2.83 bits per heavy atom. The van der Waals surface area contributed by atoms with E-state index >= 15 is 0 Å². The third kappa shape index (κ3) is 2.86. The third-order valence-corrected chi connectivity index (χ3v) is 5.88. The first-order valence-electron chi connectivity index (χ1n) is 8.00. The van der Waals surface area contributed by atoms with Gasteiger partial charge in [0, 0.05) is 48.2 Å². The molecule has 4 nitrogen and oxygen atoms in total. The van der Waals surface area contributed by atoms with E-state index in [9.17, 15) is 0 Å². The molecule has 0 aromatic carbocycles. The van der Waals surface area contributed by atoms with Crippen molar-refractivity contribution in [2.24, 2.45) is 0 Å². The standard InChI is InChI=1S/C18H20N4S/c1-18(16-5-10-21-17-15(16)4-9-20-17)6-11-22(12-7-18)23-14-3-2-8-19-13-14/h2-5,8-10,13H,6-7,11-12H2,1H3,(H,20,21). The van der Waals surface area contributed by atoms with Crippen LogP contribution in [0.5, 0.6) is 0 Å². The summed E-state index contributed by atoms with van der Waals surface area (Å²) in [5, 5.41) is 1.27. The lowest BCUT2D eigenvalue weighted by Crippen LogP contribution is -2.37. The molecule has 0 bridgehead atoms. The van der Waals surface area contributed by atoms with Crippen LogP contribution in [0.25, 0.3) is 11.0 Å². The maximum atomic E-state index is 4.42. The zero-order valence-electron chi connectivity index (χ0n) is 13.2. The van der Waals surface area contributed by atoms with E-state index in [4.69, 9.17) is 0 Å². The van der Waals surface area contributed by atoms with E-state index in [2.05, 4.69) is 44.4 Å². The van der Waals surface area contributed by atoms with E-state index in [-0.39, 0.29) is 5.41 Å². The molecule has 0 aliphatic carbocycles. The van der Waals surface area contributed by atoms with E-state index < -0.39 is 0 Å². The summed E-state index contributed by atoms with van der Waals surface area (Å²) in [6.07, 6.45) is 9.98. The minimum atomic E-state index is 0.218. The third-order valence-electron chi connectivity index (χ3n) is 4.81. The number of nitrogens with zero attached hydrogens (tertiary/aromatic N) is 3. The maximum Gasteiger partial charge on any atom is 0.137 e. The first-order valence-corrected chi connectivity index (χ1v) is 8.77. The fourth-order valence-electron chi connectivity index (χ4n) is 3.38. The van der Waals surface area contributed by atoms with E-state index in [1.807, 2.05) is 42.8 Å². The number of nitrogens with one attached hydrogen (secondary N) is 1. The van der Waals surface area contributed by atoms with E-state index in [0.29, 0.717) is 0 Å². The number of pyridine rings is 2. The molecule has 0 radical (unpaired) electrons. The fraction of sp³-hybridized carbons (Fsp3) is 0.333. The van der Waals surface area contributed by atoms with Crippen molar-refractivity contribution in [1.29, 1.82) is 0 Å². The Bertz CT molecular complexity index is 791. The van der Waals surface area contributed by atoms with Crippen molar-refractivity contribution in [3.8, 4) is 0 Å². The minimum Gasteiger partial charge on any atom is -0.346 e. The second kappa shape index (κ2) is 5.98. The molecule has 0 saturated carbocycles. The predicted octanol–water partition coefficient (Wildman–Crippen LogP) is 4.02. The normalized spacial score (nSPS) is 18.3. The Kier molecular flexibility index (Phi) is 3.83. The van der Waals surface area contributed by atoms with Gasteiger partial charge >= 0.3 is 0 Å². The molecule has 1 saturated heterocycles. The number of aromatic amines is 1. The second-order valence-electron chi connectivity index (χ2n) is 6.37. The van der Waals surface area contributed by atoms with Crippen molar-refractivity contribution >= 4 is 23.0 Å². The first-order chi connectivity index (χ1) is 11.2. The Morgan fingerprint density at radius 2 is 2.04 bits per heavy atom. The van der Waals surface area contributed by atoms with Crippen LogP contribution in [0, 0.1) is 0 Å². The lowest BCUT2D eigenvalue weighted by molar-refractivity contribution is 0.265. The highest BCUT2D eigenvalue weighted by molar-refractivity contribution is 7.97. The van der Waals surface area contributed by atoms with Crippen LogP contribution in [-0.2, 0) is 5.41 Å². The van der Waals surface area contributed by atoms with Crippen molar-refractivity contribution in [3.05, 3.63) is 54.6 Å². The lowest BCUT2D eigenvalue weighted by Gasteiger charge is -2.39. The summed E-state index contributed by atoms with van der Waals surface area (Å²) in [6.45, 7) is 4.56. The molecule has 4 heterocycles. The zero-order valence-corrected chi connectivity index (χ0v) is 14.0. The van der Waals surface area contributed by atoms with Gasteiger partial charge in [-0.2, -0.15) is 0 Å². The molecule has 3 aromatic heterocycles. The van der Waals surface area contributed by atoms with E-state index in [1.54, 1.807) is 0 Å². The van der Waals surface area contributed by atoms with Crippen LogP contribution in [0.4, 0.5) is 0 Å². The second-order valence-corrected chi connectivity index (χ2v) is 7.54. The Morgan fingerprint density at radius 1 is 1.17 bits per heavy atom.